The lowest BCUT2D eigenvalue weighted by molar-refractivity contribution is -0.129. The summed E-state index contributed by atoms with van der Waals surface area (Å²) >= 11 is 13.6. The van der Waals surface area contributed by atoms with Crippen molar-refractivity contribution in [3.63, 3.8) is 0 Å². The molecular formula is C24H35Cl2N3O5S2. The predicted octanol–water partition coefficient (Wildman–Crippen LogP) is 3.71. The van der Waals surface area contributed by atoms with Crippen LogP contribution in [0.1, 0.15) is 44.9 Å². The van der Waals surface area contributed by atoms with Gasteiger partial charge in [0.05, 0.1) is 17.7 Å². The predicted molar refractivity (Wildman–Crippen MR) is 144 cm³/mol. The molecule has 2 aliphatic rings. The Morgan fingerprint density at radius 3 is 2.69 bits per heavy atom. The highest BCUT2D eigenvalue weighted by Crippen LogP contribution is 2.29. The van der Waals surface area contributed by atoms with E-state index in [-0.39, 0.29) is 48.0 Å². The van der Waals surface area contributed by atoms with Crippen LogP contribution in [0.5, 0.6) is 0 Å². The molecule has 1 aliphatic carbocycles. The molecule has 2 atom stereocenters. The summed E-state index contributed by atoms with van der Waals surface area (Å²) in [4.78, 5) is 25.4. The highest BCUT2D eigenvalue weighted by atomic mass is 35.5. The van der Waals surface area contributed by atoms with E-state index in [1.165, 1.54) is 48.2 Å². The van der Waals surface area contributed by atoms with Crippen molar-refractivity contribution in [3.8, 4) is 0 Å². The number of nitrogens with zero attached hydrogens (tertiary/aromatic N) is 1. The molecule has 3 rings (SSSR count). The molecule has 1 unspecified atom stereocenters. The number of rotatable bonds is 12. The highest BCUT2D eigenvalue weighted by Gasteiger charge is 2.33. The Balaban J connectivity index is 1.53. The number of carbonyl (C=O) groups excluding carboxylic acids is 2. The second-order valence-corrected chi connectivity index (χ2v) is 13.0. The Morgan fingerprint density at radius 2 is 2.00 bits per heavy atom. The summed E-state index contributed by atoms with van der Waals surface area (Å²) < 4.78 is 33.2. The van der Waals surface area contributed by atoms with Gasteiger partial charge in [-0.2, -0.15) is 16.1 Å². The van der Waals surface area contributed by atoms with E-state index >= 15 is 0 Å². The van der Waals surface area contributed by atoms with Gasteiger partial charge in [0.25, 0.3) is 0 Å². The normalized spacial score (nSPS) is 20.2. The zero-order valence-corrected chi connectivity index (χ0v) is 23.7. The third-order valence-electron chi connectivity index (χ3n) is 6.63. The lowest BCUT2D eigenvalue weighted by Gasteiger charge is -2.32. The fourth-order valence-electron chi connectivity index (χ4n) is 4.60. The molecule has 36 heavy (non-hydrogen) atoms. The van der Waals surface area contributed by atoms with Gasteiger partial charge in [-0.25, -0.2) is 8.42 Å². The van der Waals surface area contributed by atoms with E-state index in [1.807, 2.05) is 6.26 Å². The summed E-state index contributed by atoms with van der Waals surface area (Å²) in [5, 5.41) is 6.14. The lowest BCUT2D eigenvalue weighted by atomic mass is 10.0. The molecule has 202 valence electrons. The van der Waals surface area contributed by atoms with Gasteiger partial charge in [-0.1, -0.05) is 48.9 Å². The SMILES string of the molecule is CSCC[C@H](NC(=O)CCC1CCCC1)C(=O)NCC1CN(S(=O)(=O)c2ccc(Cl)cc2Cl)CCO1. The molecule has 1 saturated heterocycles. The molecule has 1 saturated carbocycles. The van der Waals surface area contributed by atoms with Crippen LogP contribution in [0.2, 0.25) is 10.0 Å². The fraction of sp³-hybridized carbons (Fsp3) is 0.667. The van der Waals surface area contributed by atoms with Gasteiger partial charge in [0.15, 0.2) is 0 Å². The number of morpholine rings is 1. The quantitative estimate of drug-likeness (QED) is 0.391. The van der Waals surface area contributed by atoms with Gasteiger partial charge in [0.2, 0.25) is 21.8 Å². The van der Waals surface area contributed by atoms with E-state index < -0.39 is 22.2 Å². The Labute approximate surface area is 228 Å². The van der Waals surface area contributed by atoms with Crippen molar-refractivity contribution in [2.75, 3.05) is 38.2 Å². The Hall–Kier alpha value is -1.04. The number of hydrogen-bond acceptors (Lipinski definition) is 6. The highest BCUT2D eigenvalue weighted by molar-refractivity contribution is 7.98. The molecule has 12 heteroatoms. The molecule has 1 aliphatic heterocycles. The second kappa shape index (κ2) is 14.2. The van der Waals surface area contributed by atoms with Crippen molar-refractivity contribution < 1.29 is 22.7 Å². The van der Waals surface area contributed by atoms with Crippen LogP contribution < -0.4 is 10.6 Å². The summed E-state index contributed by atoms with van der Waals surface area (Å²) in [6.07, 6.45) is 8.07. The van der Waals surface area contributed by atoms with Gasteiger partial charge in [0.1, 0.15) is 10.9 Å². The van der Waals surface area contributed by atoms with Gasteiger partial charge in [-0.15, -0.1) is 0 Å². The van der Waals surface area contributed by atoms with Crippen LogP contribution >= 0.6 is 35.0 Å². The molecule has 2 fully saturated rings. The van der Waals surface area contributed by atoms with Crippen LogP contribution in [0.25, 0.3) is 0 Å². The van der Waals surface area contributed by atoms with E-state index in [2.05, 4.69) is 10.6 Å². The monoisotopic (exact) mass is 579 g/mol. The third-order valence-corrected chi connectivity index (χ3v) is 9.86. The molecule has 1 aromatic carbocycles. The average molecular weight is 581 g/mol. The average Bonchev–Trinajstić information content (AvgIpc) is 3.37. The van der Waals surface area contributed by atoms with E-state index in [9.17, 15) is 18.0 Å². The minimum Gasteiger partial charge on any atom is -0.374 e. The summed E-state index contributed by atoms with van der Waals surface area (Å²) in [5.41, 5.74) is 0. The summed E-state index contributed by atoms with van der Waals surface area (Å²) in [6, 6.07) is 3.63. The van der Waals surface area contributed by atoms with Crippen molar-refractivity contribution in [3.05, 3.63) is 28.2 Å². The lowest BCUT2D eigenvalue weighted by Crippen LogP contribution is -2.52. The first-order chi connectivity index (χ1) is 17.2. The van der Waals surface area contributed by atoms with Gasteiger partial charge >= 0.3 is 0 Å². The molecule has 0 radical (unpaired) electrons. The second-order valence-electron chi connectivity index (χ2n) is 9.27. The Kier molecular flexibility index (Phi) is 11.6. The van der Waals surface area contributed by atoms with E-state index in [0.29, 0.717) is 23.8 Å². The third kappa shape index (κ3) is 8.49. The number of halogens is 2. The molecule has 8 nitrogen and oxygen atoms in total. The maximum Gasteiger partial charge on any atom is 0.244 e. The molecule has 1 heterocycles. The number of amides is 2. The zero-order valence-electron chi connectivity index (χ0n) is 20.5. The number of hydrogen-bond donors (Lipinski definition) is 2. The van der Waals surface area contributed by atoms with E-state index in [1.54, 1.807) is 11.8 Å². The molecule has 0 bridgehead atoms. The van der Waals surface area contributed by atoms with Crippen LogP contribution in [0.3, 0.4) is 0 Å². The summed E-state index contributed by atoms with van der Waals surface area (Å²) in [5.74, 6) is 0.950. The van der Waals surface area contributed by atoms with Gasteiger partial charge in [-0.05, 0) is 49.0 Å². The first-order valence-electron chi connectivity index (χ1n) is 12.3. The maximum absolute atomic E-state index is 13.1. The van der Waals surface area contributed by atoms with Crippen molar-refractivity contribution >= 4 is 56.8 Å². The van der Waals surface area contributed by atoms with Gasteiger partial charge in [0, 0.05) is 31.1 Å². The fourth-order valence-corrected chi connectivity index (χ4v) is 7.27. The number of sulfonamides is 1. The van der Waals surface area contributed by atoms with Crippen molar-refractivity contribution in [2.45, 2.75) is 62.0 Å². The van der Waals surface area contributed by atoms with Crippen molar-refractivity contribution in [1.29, 1.82) is 0 Å². The summed E-state index contributed by atoms with van der Waals surface area (Å²) in [6.45, 7) is 0.579. The van der Waals surface area contributed by atoms with Crippen molar-refractivity contribution in [2.24, 2.45) is 5.92 Å². The van der Waals surface area contributed by atoms with E-state index in [4.69, 9.17) is 27.9 Å². The number of ether oxygens (including phenoxy) is 1. The number of carbonyl (C=O) groups is 2. The van der Waals surface area contributed by atoms with Gasteiger partial charge < -0.3 is 15.4 Å². The Morgan fingerprint density at radius 1 is 1.25 bits per heavy atom. The molecular weight excluding hydrogens is 545 g/mol. The van der Waals surface area contributed by atoms with Crippen LogP contribution in [-0.4, -0.2) is 74.9 Å². The van der Waals surface area contributed by atoms with Crippen LogP contribution in [0.4, 0.5) is 0 Å². The largest absolute Gasteiger partial charge is 0.374 e. The Bertz CT molecular complexity index is 1010. The van der Waals surface area contributed by atoms with Gasteiger partial charge in [-0.3, -0.25) is 9.59 Å². The smallest absolute Gasteiger partial charge is 0.244 e. The van der Waals surface area contributed by atoms with Crippen LogP contribution in [0.15, 0.2) is 23.1 Å². The molecule has 2 N–H and O–H groups in total. The first kappa shape index (κ1) is 29.5. The maximum atomic E-state index is 13.1. The minimum absolute atomic E-state index is 0.0179. The van der Waals surface area contributed by atoms with Crippen molar-refractivity contribution in [1.82, 2.24) is 14.9 Å². The van der Waals surface area contributed by atoms with Crippen LogP contribution in [-0.2, 0) is 24.3 Å². The molecule has 0 spiro atoms. The summed E-state index contributed by atoms with van der Waals surface area (Å²) in [7, 11) is -3.85. The topological polar surface area (TPSA) is 105 Å². The molecule has 0 aromatic heterocycles. The minimum atomic E-state index is -3.85. The standard InChI is InChI=1S/C24H35Cl2N3O5S2/c1-35-13-10-21(28-23(30)9-6-17-4-2-3-5-17)24(31)27-15-19-16-29(11-12-34-19)36(32,33)22-8-7-18(25)14-20(22)26/h7-8,14,17,19,21H,2-6,9-13,15-16H2,1H3,(H,27,31)(H,28,30)/t19?,21-/m0/s1. The zero-order chi connectivity index (χ0) is 26.1. The molecule has 2 amide bonds. The van der Waals surface area contributed by atoms with Crippen LogP contribution in [0, 0.1) is 5.92 Å². The number of benzene rings is 1. The number of thioether (sulfide) groups is 1. The van der Waals surface area contributed by atoms with E-state index in [0.717, 1.165) is 12.2 Å². The first-order valence-corrected chi connectivity index (χ1v) is 15.9. The molecule has 1 aromatic rings. The number of nitrogens with one attached hydrogen (secondary N) is 2.